The lowest BCUT2D eigenvalue weighted by Crippen LogP contribution is -2.47. The first-order valence-corrected chi connectivity index (χ1v) is 26.6. The molecule has 3 aliphatic heterocycles. The van der Waals surface area contributed by atoms with Crippen molar-refractivity contribution in [2.75, 3.05) is 54.4 Å². The predicted molar refractivity (Wildman–Crippen MR) is 283 cm³/mol. The number of oxazole rings is 1. The third kappa shape index (κ3) is 10.4. The number of nitrogens with one attached hydrogen (secondary N) is 2. The van der Waals surface area contributed by atoms with Gasteiger partial charge in [-0.15, -0.1) is 0 Å². The number of piperidine rings is 1. The van der Waals surface area contributed by atoms with Crippen LogP contribution in [0.5, 0.6) is 5.75 Å². The van der Waals surface area contributed by atoms with Gasteiger partial charge in [-0.25, -0.2) is 14.8 Å². The minimum atomic E-state index is -1.10. The van der Waals surface area contributed by atoms with Crippen LogP contribution in [0.2, 0.25) is 0 Å². The van der Waals surface area contributed by atoms with Crippen LogP contribution in [-0.4, -0.2) is 94.0 Å². The van der Waals surface area contributed by atoms with E-state index in [9.17, 15) is 24.3 Å². The Morgan fingerprint density at radius 1 is 0.849 bits per heavy atom. The lowest BCUT2D eigenvalue weighted by Gasteiger charge is -2.35. The summed E-state index contributed by atoms with van der Waals surface area (Å²) < 4.78 is 13.8. The van der Waals surface area contributed by atoms with Crippen LogP contribution in [0.3, 0.4) is 0 Å². The normalized spacial score (nSPS) is 19.9. The molecule has 6 heterocycles. The van der Waals surface area contributed by atoms with Crippen LogP contribution in [0.25, 0.3) is 32.4 Å². The number of imide groups is 1. The number of anilines is 3. The molecular formula is C57H60N8O7S. The number of hydrogen-bond donors (Lipinski definition) is 3. The van der Waals surface area contributed by atoms with Crippen LogP contribution >= 0.6 is 11.3 Å². The monoisotopic (exact) mass is 1000 g/mol. The predicted octanol–water partition coefficient (Wildman–Crippen LogP) is 10.0. The minimum absolute atomic E-state index is 0.0213. The summed E-state index contributed by atoms with van der Waals surface area (Å²) in [6.07, 6.45) is 8.24. The summed E-state index contributed by atoms with van der Waals surface area (Å²) in [6.45, 7) is 10.0. The molecule has 2 atom stereocenters. The number of piperazine rings is 1. The Bertz CT molecular complexity index is 3190. The van der Waals surface area contributed by atoms with E-state index in [0.717, 1.165) is 108 Å². The molecule has 3 amide bonds. The molecule has 376 valence electrons. The van der Waals surface area contributed by atoms with E-state index in [-0.39, 0.29) is 35.4 Å². The Morgan fingerprint density at radius 2 is 1.67 bits per heavy atom. The highest BCUT2D eigenvalue weighted by molar-refractivity contribution is 7.22. The molecule has 1 saturated carbocycles. The zero-order chi connectivity index (χ0) is 50.2. The van der Waals surface area contributed by atoms with Crippen molar-refractivity contribution >= 4 is 73.3 Å². The number of para-hydroxylation sites is 1. The van der Waals surface area contributed by atoms with Gasteiger partial charge in [0.15, 0.2) is 16.4 Å². The summed E-state index contributed by atoms with van der Waals surface area (Å²) >= 11 is 1.44. The average molecular weight is 1000 g/mol. The molecule has 0 bridgehead atoms. The molecule has 4 aliphatic rings. The highest BCUT2D eigenvalue weighted by atomic mass is 32.1. The molecule has 0 spiro atoms. The number of thiazole rings is 1. The number of carboxylic acids is 1. The molecule has 11 rings (SSSR count). The first-order valence-electron chi connectivity index (χ1n) is 25.7. The molecule has 73 heavy (non-hydrogen) atoms. The molecule has 16 heteroatoms. The van der Waals surface area contributed by atoms with Gasteiger partial charge in [-0.2, -0.15) is 4.98 Å². The van der Waals surface area contributed by atoms with E-state index in [1.54, 1.807) is 0 Å². The molecule has 15 nitrogen and oxygen atoms in total. The van der Waals surface area contributed by atoms with Crippen molar-refractivity contribution in [1.82, 2.24) is 25.2 Å². The van der Waals surface area contributed by atoms with Crippen molar-refractivity contribution in [3.05, 3.63) is 125 Å². The fourth-order valence-corrected chi connectivity index (χ4v) is 12.2. The van der Waals surface area contributed by atoms with Crippen LogP contribution in [-0.2, 0) is 22.6 Å². The van der Waals surface area contributed by atoms with Gasteiger partial charge in [0, 0.05) is 63.4 Å². The number of fused-ring (bicyclic) bond motifs is 3. The summed E-state index contributed by atoms with van der Waals surface area (Å²) in [7, 11) is 0. The Balaban J connectivity index is 0.655. The largest absolute Gasteiger partial charge is 0.490 e. The lowest BCUT2D eigenvalue weighted by molar-refractivity contribution is -0.134. The maximum atomic E-state index is 13.7. The number of carbonyl (C=O) groups is 4. The smallest absolute Gasteiger partial charge is 0.355 e. The Morgan fingerprint density at radius 3 is 2.48 bits per heavy atom. The lowest BCUT2D eigenvalue weighted by atomic mass is 9.83. The van der Waals surface area contributed by atoms with Crippen molar-refractivity contribution in [2.24, 2.45) is 11.8 Å². The van der Waals surface area contributed by atoms with Gasteiger partial charge in [-0.05, 0) is 140 Å². The number of carbonyl (C=O) groups excluding carboxylic acids is 3. The fourth-order valence-electron chi connectivity index (χ4n) is 11.3. The van der Waals surface area contributed by atoms with E-state index in [4.69, 9.17) is 19.1 Å². The number of hydrogen-bond acceptors (Lipinski definition) is 13. The van der Waals surface area contributed by atoms with Crippen molar-refractivity contribution in [3.63, 3.8) is 0 Å². The number of aromatic nitrogens is 3. The Labute approximate surface area is 428 Å². The van der Waals surface area contributed by atoms with Crippen LogP contribution in [0, 0.1) is 18.8 Å². The third-order valence-corrected chi connectivity index (χ3v) is 16.4. The van der Waals surface area contributed by atoms with E-state index in [1.807, 2.05) is 103 Å². The second-order valence-corrected chi connectivity index (χ2v) is 21.3. The number of ether oxygens (including phenoxy) is 1. The number of aromatic carboxylic acids is 1. The maximum Gasteiger partial charge on any atom is 0.355 e. The number of amides is 3. The summed E-state index contributed by atoms with van der Waals surface area (Å²) in [4.78, 5) is 71.6. The van der Waals surface area contributed by atoms with Crippen molar-refractivity contribution in [2.45, 2.75) is 90.2 Å². The first-order chi connectivity index (χ1) is 35.5. The molecule has 0 radical (unpaired) electrons. The molecule has 3 fully saturated rings. The average Bonchev–Trinajstić information content (AvgIpc) is 4.02. The van der Waals surface area contributed by atoms with Crippen LogP contribution < -0.4 is 25.2 Å². The topological polar surface area (TPSA) is 183 Å². The zero-order valence-corrected chi connectivity index (χ0v) is 42.1. The summed E-state index contributed by atoms with van der Waals surface area (Å²) in [5.74, 6) is 0.423. The summed E-state index contributed by atoms with van der Waals surface area (Å²) in [5.41, 5.74) is 7.86. The molecular weight excluding hydrogens is 941 g/mol. The van der Waals surface area contributed by atoms with Gasteiger partial charge in [0.05, 0.1) is 22.2 Å². The van der Waals surface area contributed by atoms with Crippen LogP contribution in [0.1, 0.15) is 107 Å². The maximum absolute atomic E-state index is 13.7. The third-order valence-electron chi connectivity index (χ3n) is 15.4. The fraction of sp³-hybridized carbons (Fsp3) is 0.386. The second kappa shape index (κ2) is 20.7. The number of nitrogens with zero attached hydrogens (tertiary/aromatic N) is 6. The Kier molecular flexibility index (Phi) is 13.7. The molecule has 1 aliphatic carbocycles. The number of benzene rings is 4. The van der Waals surface area contributed by atoms with Gasteiger partial charge in [-0.3, -0.25) is 29.9 Å². The van der Waals surface area contributed by atoms with Gasteiger partial charge >= 0.3 is 5.97 Å². The summed E-state index contributed by atoms with van der Waals surface area (Å²) in [6, 6.07) is 29.5. The van der Waals surface area contributed by atoms with E-state index in [1.165, 1.54) is 24.2 Å². The molecule has 7 aromatic rings. The van der Waals surface area contributed by atoms with Crippen LogP contribution in [0.15, 0.2) is 95.4 Å². The van der Waals surface area contributed by atoms with Crippen molar-refractivity contribution < 1.29 is 33.4 Å². The van der Waals surface area contributed by atoms with Gasteiger partial charge in [0.2, 0.25) is 11.8 Å². The van der Waals surface area contributed by atoms with Crippen molar-refractivity contribution in [3.8, 4) is 16.9 Å². The number of rotatable bonds is 14. The highest BCUT2D eigenvalue weighted by Crippen LogP contribution is 2.38. The standard InChI is InChI=1S/C57H60N8O7S/c1-34(32-63-27-29-64(30-28-63)57-59-46-31-38(17-22-48(46)72-57)41-21-24-51(66)61-53(41)67)13-14-36-15-18-39(19-16-36)71-47-11-6-8-40(35(47)2)42-20-23-50(60-52(42)55(69)70)65-26-25-37-7-5-9-43(44(37)33-65)54(68)62-56-58-45-10-3-4-12-49(45)73-56/h3-12,17,20,22-23,31,34,36,39,41H,13-16,18-19,21,24-30,32-33H2,1-2H3,(H,69,70)(H,58,62,68)(H,61,66,67). The molecule has 2 saturated heterocycles. The van der Waals surface area contributed by atoms with E-state index < -0.39 is 5.97 Å². The van der Waals surface area contributed by atoms with Crippen LogP contribution in [0.4, 0.5) is 17.0 Å². The molecule has 4 aromatic carbocycles. The van der Waals surface area contributed by atoms with Gasteiger partial charge in [-0.1, -0.05) is 67.1 Å². The van der Waals surface area contributed by atoms with Gasteiger partial charge in [0.25, 0.3) is 11.9 Å². The summed E-state index contributed by atoms with van der Waals surface area (Å²) in [5, 5.41) is 16.5. The second-order valence-electron chi connectivity index (χ2n) is 20.3. The van der Waals surface area contributed by atoms with E-state index in [0.29, 0.717) is 77.9 Å². The van der Waals surface area contributed by atoms with E-state index >= 15 is 0 Å². The highest BCUT2D eigenvalue weighted by Gasteiger charge is 2.31. The van der Waals surface area contributed by atoms with Gasteiger partial charge in [0.1, 0.15) is 17.1 Å². The van der Waals surface area contributed by atoms with E-state index in [2.05, 4.69) is 32.3 Å². The molecule has 3 N–H and O–H groups in total. The SMILES string of the molecule is Cc1c(OC2CCC(CCC(C)CN3CCN(c4nc5cc(C6CCC(=O)NC6=O)ccc5o4)CC3)CC2)cccc1-c1ccc(N2CCc3cccc(C(=O)Nc4nc5ccccc5s4)c3C2)nc1C(=O)O. The van der Waals surface area contributed by atoms with Gasteiger partial charge < -0.3 is 24.1 Å². The Hall–Kier alpha value is -7.17. The minimum Gasteiger partial charge on any atom is -0.490 e. The first kappa shape index (κ1) is 48.1. The number of pyridine rings is 1. The quantitative estimate of drug-likeness (QED) is 0.0876. The number of carboxylic acid groups (broad SMARTS) is 1. The molecule has 3 aromatic heterocycles. The zero-order valence-electron chi connectivity index (χ0n) is 41.3. The molecule has 2 unspecified atom stereocenters. The van der Waals surface area contributed by atoms with Crippen molar-refractivity contribution in [1.29, 1.82) is 0 Å².